The maximum atomic E-state index is 12.0. The summed E-state index contributed by atoms with van der Waals surface area (Å²) in [6.07, 6.45) is 2.68. The Morgan fingerprint density at radius 3 is 2.82 bits per heavy atom. The first-order chi connectivity index (χ1) is 7.96. The maximum Gasteiger partial charge on any atom is 0.165 e. The number of hydrogen-bond acceptors (Lipinski definition) is 4. The third kappa shape index (κ3) is 1.44. The fraction of sp³-hybridized carbons (Fsp3) is 0.923. The van der Waals surface area contributed by atoms with Crippen LogP contribution >= 0.6 is 0 Å². The van der Waals surface area contributed by atoms with E-state index in [4.69, 9.17) is 9.78 Å². The van der Waals surface area contributed by atoms with Gasteiger partial charge in [-0.15, -0.1) is 0 Å². The Kier molecular flexibility index (Phi) is 2.41. The standard InChI is InChI=1S/C13H20O4/c1-12(2)5-3-9(15)11-13(12)6-4-8(14)10(7-13)16-17-11/h8,10-11,14H,3-7H2,1-2H3/t8-,10-,11-,13+/m0/s1. The van der Waals surface area contributed by atoms with E-state index in [1.807, 2.05) is 0 Å². The van der Waals surface area contributed by atoms with Gasteiger partial charge in [-0.1, -0.05) is 13.8 Å². The van der Waals surface area contributed by atoms with Crippen LogP contribution in [-0.4, -0.2) is 29.2 Å². The van der Waals surface area contributed by atoms with Crippen molar-refractivity contribution in [2.24, 2.45) is 10.8 Å². The molecule has 1 heterocycles. The second kappa shape index (κ2) is 3.53. The van der Waals surface area contributed by atoms with E-state index in [1.54, 1.807) is 0 Å². The van der Waals surface area contributed by atoms with Crippen molar-refractivity contribution in [1.82, 2.24) is 0 Å². The van der Waals surface area contributed by atoms with Crippen molar-refractivity contribution in [2.75, 3.05) is 0 Å². The predicted molar refractivity (Wildman–Crippen MR) is 60.1 cm³/mol. The van der Waals surface area contributed by atoms with Gasteiger partial charge in [0.15, 0.2) is 11.9 Å². The molecule has 1 saturated heterocycles. The lowest BCUT2D eigenvalue weighted by Gasteiger charge is -2.59. The van der Waals surface area contributed by atoms with Crippen molar-refractivity contribution >= 4 is 5.78 Å². The zero-order chi connectivity index (χ0) is 12.3. The normalized spacial score (nSPS) is 48.6. The Bertz CT molecular complexity index is 351. The lowest BCUT2D eigenvalue weighted by molar-refractivity contribution is -0.426. The van der Waals surface area contributed by atoms with Gasteiger partial charge in [0, 0.05) is 11.8 Å². The molecule has 0 aromatic carbocycles. The number of hydrogen-bond donors (Lipinski definition) is 1. The molecule has 0 radical (unpaired) electrons. The number of Topliss-reactive ketones (excluding diaryl/α,β-unsaturated/α-hetero) is 1. The molecule has 96 valence electrons. The lowest BCUT2D eigenvalue weighted by atomic mass is 9.50. The largest absolute Gasteiger partial charge is 0.390 e. The van der Waals surface area contributed by atoms with Crippen LogP contribution in [-0.2, 0) is 14.6 Å². The molecule has 3 fully saturated rings. The average molecular weight is 240 g/mol. The molecule has 1 N–H and O–H groups in total. The zero-order valence-corrected chi connectivity index (χ0v) is 10.4. The minimum atomic E-state index is -0.450. The number of aliphatic hydroxyl groups is 1. The van der Waals surface area contributed by atoms with Gasteiger partial charge in [-0.25, -0.2) is 9.78 Å². The van der Waals surface area contributed by atoms with E-state index in [2.05, 4.69) is 13.8 Å². The number of carbonyl (C=O) groups is 1. The molecule has 4 nitrogen and oxygen atoms in total. The highest BCUT2D eigenvalue weighted by Crippen LogP contribution is 2.60. The van der Waals surface area contributed by atoms with Crippen LogP contribution in [0, 0.1) is 10.8 Å². The average Bonchev–Trinajstić information content (AvgIpc) is 2.30. The molecular weight excluding hydrogens is 220 g/mol. The Morgan fingerprint density at radius 1 is 1.29 bits per heavy atom. The van der Waals surface area contributed by atoms with E-state index >= 15 is 0 Å². The number of rotatable bonds is 0. The highest BCUT2D eigenvalue weighted by atomic mass is 17.2. The van der Waals surface area contributed by atoms with Gasteiger partial charge in [0.25, 0.3) is 0 Å². The molecule has 1 aliphatic heterocycles. The van der Waals surface area contributed by atoms with Gasteiger partial charge in [-0.2, -0.15) is 0 Å². The molecule has 4 heteroatoms. The molecule has 0 aromatic rings. The fourth-order valence-electron chi connectivity index (χ4n) is 3.89. The monoisotopic (exact) mass is 240 g/mol. The predicted octanol–water partition coefficient (Wildman–Crippen LogP) is 1.61. The van der Waals surface area contributed by atoms with Crippen molar-refractivity contribution in [3.05, 3.63) is 0 Å². The maximum absolute atomic E-state index is 12.0. The molecule has 3 aliphatic rings. The van der Waals surface area contributed by atoms with Gasteiger partial charge in [-0.05, 0) is 31.1 Å². The minimum absolute atomic E-state index is 0.0771. The molecule has 2 saturated carbocycles. The van der Waals surface area contributed by atoms with Crippen LogP contribution in [0.3, 0.4) is 0 Å². The SMILES string of the molecule is CC1(C)CCC(=O)[C@@H]2OO[C@H]3C[C@]21CC[C@@H]3O. The molecule has 4 atom stereocenters. The third-order valence-electron chi connectivity index (χ3n) is 5.29. The summed E-state index contributed by atoms with van der Waals surface area (Å²) in [4.78, 5) is 22.6. The smallest absolute Gasteiger partial charge is 0.165 e. The van der Waals surface area contributed by atoms with Crippen LogP contribution < -0.4 is 0 Å². The summed E-state index contributed by atoms with van der Waals surface area (Å²) in [6, 6.07) is 0. The van der Waals surface area contributed by atoms with Gasteiger partial charge in [0.05, 0.1) is 6.10 Å². The van der Waals surface area contributed by atoms with E-state index in [9.17, 15) is 9.90 Å². The summed E-state index contributed by atoms with van der Waals surface area (Å²) in [5.74, 6) is 0.166. The molecule has 2 bridgehead atoms. The number of carbonyl (C=O) groups excluding carboxylic acids is 1. The van der Waals surface area contributed by atoms with Crippen molar-refractivity contribution in [3.63, 3.8) is 0 Å². The number of ketones is 1. The summed E-state index contributed by atoms with van der Waals surface area (Å²) in [5.41, 5.74) is -0.0573. The van der Waals surface area contributed by atoms with Crippen molar-refractivity contribution < 1.29 is 19.7 Å². The summed E-state index contributed by atoms with van der Waals surface area (Å²) < 4.78 is 0. The minimum Gasteiger partial charge on any atom is -0.390 e. The zero-order valence-electron chi connectivity index (χ0n) is 10.4. The number of fused-ring (bicyclic) bond motifs is 1. The highest BCUT2D eigenvalue weighted by Gasteiger charge is 2.62. The van der Waals surface area contributed by atoms with Gasteiger partial charge in [0.2, 0.25) is 0 Å². The molecule has 0 amide bonds. The lowest BCUT2D eigenvalue weighted by Crippen LogP contribution is -2.63. The summed E-state index contributed by atoms with van der Waals surface area (Å²) in [7, 11) is 0. The Hall–Kier alpha value is -0.450. The van der Waals surface area contributed by atoms with Crippen LogP contribution in [0.15, 0.2) is 0 Å². The molecule has 0 aromatic heterocycles. The molecule has 1 spiro atoms. The number of aliphatic hydroxyl groups excluding tert-OH is 1. The molecule has 0 unspecified atom stereocenters. The van der Waals surface area contributed by atoms with Crippen molar-refractivity contribution in [1.29, 1.82) is 0 Å². The van der Waals surface area contributed by atoms with E-state index in [0.717, 1.165) is 19.3 Å². The Labute approximate surface area is 101 Å². The second-order valence-corrected chi connectivity index (χ2v) is 6.43. The quantitative estimate of drug-likeness (QED) is 0.653. The van der Waals surface area contributed by atoms with Gasteiger partial charge >= 0.3 is 0 Å². The first kappa shape index (κ1) is 11.6. The summed E-state index contributed by atoms with van der Waals surface area (Å²) >= 11 is 0. The Balaban J connectivity index is 2.00. The van der Waals surface area contributed by atoms with Gasteiger partial charge in [0.1, 0.15) is 6.10 Å². The van der Waals surface area contributed by atoms with Crippen LogP contribution in [0.5, 0.6) is 0 Å². The topological polar surface area (TPSA) is 55.8 Å². The highest BCUT2D eigenvalue weighted by molar-refractivity contribution is 5.85. The fourth-order valence-corrected chi connectivity index (χ4v) is 3.89. The first-order valence-electron chi connectivity index (χ1n) is 6.49. The molecule has 2 aliphatic carbocycles. The van der Waals surface area contributed by atoms with Crippen LogP contribution in [0.1, 0.15) is 46.0 Å². The van der Waals surface area contributed by atoms with Crippen molar-refractivity contribution in [2.45, 2.75) is 64.3 Å². The Morgan fingerprint density at radius 2 is 2.06 bits per heavy atom. The van der Waals surface area contributed by atoms with E-state index < -0.39 is 12.2 Å². The van der Waals surface area contributed by atoms with Crippen molar-refractivity contribution in [3.8, 4) is 0 Å². The third-order valence-corrected chi connectivity index (χ3v) is 5.29. The first-order valence-corrected chi connectivity index (χ1v) is 6.49. The van der Waals surface area contributed by atoms with Gasteiger partial charge < -0.3 is 5.11 Å². The van der Waals surface area contributed by atoms with E-state index in [-0.39, 0.29) is 22.7 Å². The molecule has 17 heavy (non-hydrogen) atoms. The summed E-state index contributed by atoms with van der Waals surface area (Å²) in [6.45, 7) is 4.44. The second-order valence-electron chi connectivity index (χ2n) is 6.43. The molecular formula is C13H20O4. The molecule has 3 rings (SSSR count). The van der Waals surface area contributed by atoms with E-state index in [1.165, 1.54) is 0 Å². The summed E-state index contributed by atoms with van der Waals surface area (Å²) in [5, 5.41) is 9.85. The van der Waals surface area contributed by atoms with E-state index in [0.29, 0.717) is 12.8 Å². The van der Waals surface area contributed by atoms with Crippen LogP contribution in [0.2, 0.25) is 0 Å². The van der Waals surface area contributed by atoms with Crippen LogP contribution in [0.25, 0.3) is 0 Å². The van der Waals surface area contributed by atoms with Gasteiger partial charge in [-0.3, -0.25) is 4.79 Å². The van der Waals surface area contributed by atoms with Crippen LogP contribution in [0.4, 0.5) is 0 Å².